The monoisotopic (exact) mass is 438 g/mol. The maximum atomic E-state index is 6.18. The van der Waals surface area contributed by atoms with Crippen molar-refractivity contribution >= 4 is 0 Å². The van der Waals surface area contributed by atoms with Gasteiger partial charge in [-0.25, -0.2) is 0 Å². The van der Waals surface area contributed by atoms with Gasteiger partial charge in [0.05, 0.1) is 13.7 Å². The number of ether oxygens (including phenoxy) is 2. The number of rotatable bonds is 11. The van der Waals surface area contributed by atoms with Gasteiger partial charge in [-0.3, -0.25) is 4.48 Å². The summed E-state index contributed by atoms with van der Waals surface area (Å²) >= 11 is 0. The standard InChI is InChI=1S/C30H32NO2/c1-4-6-22-31(3,21-5-2)30(25-32-23-26-13-9-7-10-14-26)28-17-19-29(20-18-28)33-24-27-15-11-8-12-16-27/h2,7-20,30H,21-25H2,1,3H3/q+1. The quantitative estimate of drug-likeness (QED) is 0.285. The molecule has 0 aliphatic carbocycles. The van der Waals surface area contributed by atoms with Gasteiger partial charge in [0.1, 0.15) is 38.1 Å². The number of quaternary nitrogens is 1. The smallest absolute Gasteiger partial charge is 0.142 e. The SMILES string of the molecule is C#CC[N+](C)(CC#CC)C(COCc1ccccc1)c1ccc(OCc2ccccc2)cc1. The highest BCUT2D eigenvalue weighted by molar-refractivity contribution is 5.29. The van der Waals surface area contributed by atoms with Gasteiger partial charge in [0.25, 0.3) is 0 Å². The lowest BCUT2D eigenvalue weighted by Crippen LogP contribution is -2.49. The van der Waals surface area contributed by atoms with E-state index in [1.807, 2.05) is 55.5 Å². The largest absolute Gasteiger partial charge is 0.489 e. The number of likely N-dealkylation sites (N-methyl/N-ethyl adjacent to an activating group) is 1. The minimum absolute atomic E-state index is 0.0498. The molecule has 33 heavy (non-hydrogen) atoms. The Morgan fingerprint density at radius 2 is 1.42 bits per heavy atom. The first-order valence-electron chi connectivity index (χ1n) is 11.2. The van der Waals surface area contributed by atoms with E-state index in [9.17, 15) is 0 Å². The van der Waals surface area contributed by atoms with Gasteiger partial charge in [-0.2, -0.15) is 0 Å². The van der Waals surface area contributed by atoms with Crippen LogP contribution in [0.1, 0.15) is 29.7 Å². The zero-order valence-electron chi connectivity index (χ0n) is 19.5. The second-order valence-corrected chi connectivity index (χ2v) is 8.29. The minimum atomic E-state index is 0.0498. The molecule has 2 unspecified atom stereocenters. The maximum Gasteiger partial charge on any atom is 0.142 e. The van der Waals surface area contributed by atoms with Crippen molar-refractivity contribution in [3.8, 4) is 29.9 Å². The van der Waals surface area contributed by atoms with Crippen molar-refractivity contribution in [2.45, 2.75) is 26.2 Å². The van der Waals surface area contributed by atoms with Gasteiger partial charge in [0, 0.05) is 5.56 Å². The molecule has 0 N–H and O–H groups in total. The Labute approximate surface area is 198 Å². The molecule has 3 aromatic rings. The summed E-state index contributed by atoms with van der Waals surface area (Å²) in [4.78, 5) is 0. The van der Waals surface area contributed by atoms with E-state index in [4.69, 9.17) is 15.9 Å². The van der Waals surface area contributed by atoms with Crippen LogP contribution in [0.3, 0.4) is 0 Å². The molecule has 3 aromatic carbocycles. The molecule has 0 bridgehead atoms. The van der Waals surface area contributed by atoms with Crippen LogP contribution in [0, 0.1) is 24.2 Å². The highest BCUT2D eigenvalue weighted by Crippen LogP contribution is 2.29. The fourth-order valence-electron chi connectivity index (χ4n) is 3.77. The van der Waals surface area contributed by atoms with Crippen molar-refractivity contribution in [1.82, 2.24) is 0 Å². The molecule has 0 heterocycles. The van der Waals surface area contributed by atoms with Crippen molar-refractivity contribution in [2.24, 2.45) is 0 Å². The summed E-state index contributed by atoms with van der Waals surface area (Å²) in [6.45, 7) is 4.74. The lowest BCUT2D eigenvalue weighted by Gasteiger charge is -2.39. The molecule has 0 saturated carbocycles. The van der Waals surface area contributed by atoms with E-state index in [0.717, 1.165) is 22.4 Å². The van der Waals surface area contributed by atoms with E-state index in [1.165, 1.54) is 0 Å². The molecule has 0 radical (unpaired) electrons. The van der Waals surface area contributed by atoms with Crippen molar-refractivity contribution in [1.29, 1.82) is 0 Å². The van der Waals surface area contributed by atoms with E-state index in [0.29, 0.717) is 37.4 Å². The van der Waals surface area contributed by atoms with Crippen molar-refractivity contribution in [2.75, 3.05) is 26.7 Å². The predicted octanol–water partition coefficient (Wildman–Crippen LogP) is 5.63. The van der Waals surface area contributed by atoms with E-state index < -0.39 is 0 Å². The first kappa shape index (κ1) is 24.1. The molecule has 2 atom stereocenters. The summed E-state index contributed by atoms with van der Waals surface area (Å²) in [5.41, 5.74) is 3.45. The van der Waals surface area contributed by atoms with Gasteiger partial charge in [0.2, 0.25) is 0 Å². The highest BCUT2D eigenvalue weighted by atomic mass is 16.5. The van der Waals surface area contributed by atoms with E-state index in [-0.39, 0.29) is 6.04 Å². The van der Waals surface area contributed by atoms with Gasteiger partial charge in [0.15, 0.2) is 0 Å². The molecule has 168 valence electrons. The van der Waals surface area contributed by atoms with Crippen molar-refractivity contribution < 1.29 is 14.0 Å². The van der Waals surface area contributed by atoms with Crippen molar-refractivity contribution in [3.05, 3.63) is 102 Å². The molecular weight excluding hydrogens is 406 g/mol. The molecule has 0 aromatic heterocycles. The first-order chi connectivity index (χ1) is 16.1. The third-order valence-corrected chi connectivity index (χ3v) is 5.72. The zero-order chi connectivity index (χ0) is 23.4. The number of benzene rings is 3. The molecule has 3 rings (SSSR count). The normalized spacial score (nSPS) is 13.1. The molecular formula is C30H32NO2+. The fraction of sp³-hybridized carbons (Fsp3) is 0.267. The summed E-state index contributed by atoms with van der Waals surface area (Å²) in [5, 5.41) is 0. The molecule has 0 amide bonds. The van der Waals surface area contributed by atoms with Gasteiger partial charge in [-0.15, -0.1) is 12.3 Å². The average molecular weight is 439 g/mol. The Kier molecular flexibility index (Phi) is 9.16. The van der Waals surface area contributed by atoms with Crippen LogP contribution < -0.4 is 4.74 Å². The lowest BCUT2D eigenvalue weighted by molar-refractivity contribution is -0.927. The topological polar surface area (TPSA) is 18.5 Å². The van der Waals surface area contributed by atoms with Gasteiger partial charge >= 0.3 is 0 Å². The summed E-state index contributed by atoms with van der Waals surface area (Å²) in [5.74, 6) is 9.93. The summed E-state index contributed by atoms with van der Waals surface area (Å²) in [6, 6.07) is 28.7. The molecule has 0 saturated heterocycles. The second-order valence-electron chi connectivity index (χ2n) is 8.29. The van der Waals surface area contributed by atoms with Crippen LogP contribution in [0.15, 0.2) is 84.9 Å². The van der Waals surface area contributed by atoms with E-state index >= 15 is 0 Å². The highest BCUT2D eigenvalue weighted by Gasteiger charge is 2.33. The lowest BCUT2D eigenvalue weighted by atomic mass is 10.0. The summed E-state index contributed by atoms with van der Waals surface area (Å²) in [6.07, 6.45) is 5.77. The average Bonchev–Trinajstić information content (AvgIpc) is 2.86. The minimum Gasteiger partial charge on any atom is -0.489 e. The molecule has 0 aliphatic rings. The number of nitrogens with zero attached hydrogens (tertiary/aromatic N) is 1. The molecule has 0 aliphatic heterocycles. The van der Waals surface area contributed by atoms with Gasteiger partial charge in [-0.05, 0) is 54.2 Å². The number of terminal acetylenes is 1. The Balaban J connectivity index is 1.76. The first-order valence-corrected chi connectivity index (χ1v) is 11.2. The van der Waals surface area contributed by atoms with Crippen LogP contribution in [0.4, 0.5) is 0 Å². The van der Waals surface area contributed by atoms with Gasteiger partial charge in [-0.1, -0.05) is 60.7 Å². The zero-order valence-corrected chi connectivity index (χ0v) is 19.5. The number of hydrogen-bond acceptors (Lipinski definition) is 2. The maximum absolute atomic E-state index is 6.18. The van der Waals surface area contributed by atoms with E-state index in [1.54, 1.807) is 0 Å². The number of hydrogen-bond donors (Lipinski definition) is 0. The second kappa shape index (κ2) is 12.5. The van der Waals surface area contributed by atoms with Crippen molar-refractivity contribution in [3.63, 3.8) is 0 Å². The fourth-order valence-corrected chi connectivity index (χ4v) is 3.77. The molecule has 3 nitrogen and oxygen atoms in total. The molecule has 3 heteroatoms. The summed E-state index contributed by atoms with van der Waals surface area (Å²) in [7, 11) is 2.15. The Morgan fingerprint density at radius 3 is 2.00 bits per heavy atom. The third kappa shape index (κ3) is 7.26. The van der Waals surface area contributed by atoms with Crippen LogP contribution >= 0.6 is 0 Å². The summed E-state index contributed by atoms with van der Waals surface area (Å²) < 4.78 is 12.7. The van der Waals surface area contributed by atoms with Gasteiger partial charge < -0.3 is 9.47 Å². The third-order valence-electron chi connectivity index (χ3n) is 5.72. The van der Waals surface area contributed by atoms with Crippen LogP contribution in [-0.2, 0) is 18.0 Å². The van der Waals surface area contributed by atoms with E-state index in [2.05, 4.69) is 61.2 Å². The van der Waals surface area contributed by atoms with Crippen LogP contribution in [0.2, 0.25) is 0 Å². The van der Waals surface area contributed by atoms with Crippen LogP contribution in [0.5, 0.6) is 5.75 Å². The molecule has 0 fully saturated rings. The Morgan fingerprint density at radius 1 is 0.818 bits per heavy atom. The predicted molar refractivity (Wildman–Crippen MR) is 134 cm³/mol. The Hall–Kier alpha value is -3.50. The van der Waals surface area contributed by atoms with Crippen LogP contribution in [0.25, 0.3) is 0 Å². The Bertz CT molecular complexity index is 1080. The molecule has 0 spiro atoms. The van der Waals surface area contributed by atoms with Crippen LogP contribution in [-0.4, -0.2) is 31.2 Å².